The summed E-state index contributed by atoms with van der Waals surface area (Å²) in [4.78, 5) is 14.0. The molecule has 1 aliphatic heterocycles. The molecule has 0 atom stereocenters. The van der Waals surface area contributed by atoms with Gasteiger partial charge in [-0.3, -0.25) is 4.79 Å². The zero-order valence-corrected chi connectivity index (χ0v) is 10.9. The van der Waals surface area contributed by atoms with Gasteiger partial charge in [-0.2, -0.15) is 4.68 Å². The third kappa shape index (κ3) is 2.23. The molecular formula is C13H15N5O2. The molecule has 20 heavy (non-hydrogen) atoms. The average molecular weight is 273 g/mol. The van der Waals surface area contributed by atoms with E-state index >= 15 is 0 Å². The van der Waals surface area contributed by atoms with Gasteiger partial charge in [0, 0.05) is 13.1 Å². The number of rotatable bonds is 2. The highest BCUT2D eigenvalue weighted by molar-refractivity contribution is 5.96. The normalized spacial score (nSPS) is 15.3. The van der Waals surface area contributed by atoms with Crippen molar-refractivity contribution in [2.75, 3.05) is 32.0 Å². The van der Waals surface area contributed by atoms with Crippen molar-refractivity contribution in [3.63, 3.8) is 0 Å². The molecule has 7 nitrogen and oxygen atoms in total. The fraction of sp³-hybridized carbons (Fsp3) is 0.308. The molecule has 0 bridgehead atoms. The minimum absolute atomic E-state index is 0.191. The number of para-hydroxylation sites is 1. The summed E-state index contributed by atoms with van der Waals surface area (Å²) in [5.74, 6) is 0.0562. The number of anilines is 1. The number of carbonyl (C=O) groups excluding carboxylic acids is 1. The highest BCUT2D eigenvalue weighted by Gasteiger charge is 2.25. The average Bonchev–Trinajstić information content (AvgIpc) is 2.90. The molecule has 7 heteroatoms. The van der Waals surface area contributed by atoms with Crippen LogP contribution in [-0.2, 0) is 4.74 Å². The van der Waals surface area contributed by atoms with Crippen molar-refractivity contribution < 1.29 is 9.53 Å². The van der Waals surface area contributed by atoms with Crippen molar-refractivity contribution in [1.29, 1.82) is 0 Å². The number of amides is 1. The summed E-state index contributed by atoms with van der Waals surface area (Å²) in [6, 6.07) is 9.36. The van der Waals surface area contributed by atoms with Gasteiger partial charge in [0.25, 0.3) is 5.91 Å². The van der Waals surface area contributed by atoms with Crippen molar-refractivity contribution in [1.82, 2.24) is 19.9 Å². The zero-order chi connectivity index (χ0) is 13.9. The molecule has 104 valence electrons. The van der Waals surface area contributed by atoms with Gasteiger partial charge in [-0.05, 0) is 12.1 Å². The predicted molar refractivity (Wildman–Crippen MR) is 72.5 cm³/mol. The van der Waals surface area contributed by atoms with Crippen LogP contribution in [0.15, 0.2) is 30.3 Å². The fourth-order valence-electron chi connectivity index (χ4n) is 2.12. The van der Waals surface area contributed by atoms with Gasteiger partial charge in [-0.1, -0.05) is 23.4 Å². The lowest BCUT2D eigenvalue weighted by Gasteiger charge is -2.26. The number of hydrogen-bond acceptors (Lipinski definition) is 5. The molecule has 0 spiro atoms. The molecule has 0 saturated carbocycles. The number of hydrogen-bond donors (Lipinski definition) is 1. The van der Waals surface area contributed by atoms with E-state index < -0.39 is 0 Å². The second kappa shape index (κ2) is 5.30. The first kappa shape index (κ1) is 12.6. The predicted octanol–water partition coefficient (Wildman–Crippen LogP) is 0.322. The second-order valence-corrected chi connectivity index (χ2v) is 4.48. The van der Waals surface area contributed by atoms with E-state index in [4.69, 9.17) is 10.5 Å². The molecule has 2 aromatic rings. The van der Waals surface area contributed by atoms with Gasteiger partial charge >= 0.3 is 0 Å². The van der Waals surface area contributed by atoms with Crippen molar-refractivity contribution in [3.8, 4) is 5.69 Å². The van der Waals surface area contributed by atoms with Crippen LogP contribution in [0, 0.1) is 0 Å². The first-order valence-electron chi connectivity index (χ1n) is 6.41. The van der Waals surface area contributed by atoms with E-state index in [0.717, 1.165) is 5.69 Å². The van der Waals surface area contributed by atoms with Gasteiger partial charge in [-0.15, -0.1) is 5.10 Å². The maximum Gasteiger partial charge on any atom is 0.278 e. The fourth-order valence-corrected chi connectivity index (χ4v) is 2.12. The SMILES string of the molecule is Nc1c(C(=O)N2CCOCC2)nnn1-c1ccccc1. The molecule has 0 radical (unpaired) electrons. The van der Waals surface area contributed by atoms with Gasteiger partial charge < -0.3 is 15.4 Å². The number of aromatic nitrogens is 3. The number of benzene rings is 1. The summed E-state index contributed by atoms with van der Waals surface area (Å²) in [6.07, 6.45) is 0. The van der Waals surface area contributed by atoms with E-state index in [2.05, 4.69) is 10.3 Å². The lowest BCUT2D eigenvalue weighted by molar-refractivity contribution is 0.0299. The molecule has 1 amide bonds. The number of carbonyl (C=O) groups is 1. The quantitative estimate of drug-likeness (QED) is 0.851. The molecule has 3 rings (SSSR count). The van der Waals surface area contributed by atoms with Crippen LogP contribution in [0.2, 0.25) is 0 Å². The molecule has 1 aliphatic rings. The van der Waals surface area contributed by atoms with Crippen LogP contribution in [-0.4, -0.2) is 52.1 Å². The van der Waals surface area contributed by atoms with E-state index in [-0.39, 0.29) is 17.4 Å². The van der Waals surface area contributed by atoms with Crippen LogP contribution in [0.3, 0.4) is 0 Å². The first-order valence-corrected chi connectivity index (χ1v) is 6.41. The Morgan fingerprint density at radius 2 is 1.90 bits per heavy atom. The van der Waals surface area contributed by atoms with Gasteiger partial charge in [0.1, 0.15) is 0 Å². The highest BCUT2D eigenvalue weighted by Crippen LogP contribution is 2.16. The molecule has 2 N–H and O–H groups in total. The molecule has 0 unspecified atom stereocenters. The Morgan fingerprint density at radius 1 is 1.20 bits per heavy atom. The topological polar surface area (TPSA) is 86.3 Å². The maximum absolute atomic E-state index is 12.3. The highest BCUT2D eigenvalue weighted by atomic mass is 16.5. The summed E-state index contributed by atoms with van der Waals surface area (Å²) in [5.41, 5.74) is 6.97. The second-order valence-electron chi connectivity index (χ2n) is 4.48. The number of nitrogens with two attached hydrogens (primary N) is 1. The Morgan fingerprint density at radius 3 is 2.60 bits per heavy atom. The van der Waals surface area contributed by atoms with E-state index in [9.17, 15) is 4.79 Å². The van der Waals surface area contributed by atoms with Crippen LogP contribution < -0.4 is 5.73 Å². The Balaban J connectivity index is 1.88. The Kier molecular flexibility index (Phi) is 3.34. The van der Waals surface area contributed by atoms with E-state index in [0.29, 0.717) is 26.3 Å². The minimum Gasteiger partial charge on any atom is -0.382 e. The van der Waals surface area contributed by atoms with Crippen molar-refractivity contribution in [2.24, 2.45) is 0 Å². The Bertz CT molecular complexity index is 604. The number of nitrogen functional groups attached to an aromatic ring is 1. The third-order valence-corrected chi connectivity index (χ3v) is 3.21. The van der Waals surface area contributed by atoms with Crippen molar-refractivity contribution >= 4 is 11.7 Å². The van der Waals surface area contributed by atoms with Crippen molar-refractivity contribution in [2.45, 2.75) is 0 Å². The van der Waals surface area contributed by atoms with Gasteiger partial charge in [-0.25, -0.2) is 0 Å². The van der Waals surface area contributed by atoms with Gasteiger partial charge in [0.2, 0.25) is 0 Å². The number of nitrogens with zero attached hydrogens (tertiary/aromatic N) is 4. The minimum atomic E-state index is -0.201. The third-order valence-electron chi connectivity index (χ3n) is 3.21. The van der Waals surface area contributed by atoms with E-state index in [1.165, 1.54) is 4.68 Å². The summed E-state index contributed by atoms with van der Waals surface area (Å²) in [5, 5.41) is 7.89. The summed E-state index contributed by atoms with van der Waals surface area (Å²) >= 11 is 0. The van der Waals surface area contributed by atoms with Crippen LogP contribution in [0.25, 0.3) is 5.69 Å². The van der Waals surface area contributed by atoms with Crippen LogP contribution in [0.4, 0.5) is 5.82 Å². The molecular weight excluding hydrogens is 258 g/mol. The molecule has 1 aromatic carbocycles. The van der Waals surface area contributed by atoms with Crippen LogP contribution >= 0.6 is 0 Å². The molecule has 2 heterocycles. The zero-order valence-electron chi connectivity index (χ0n) is 10.9. The number of morpholine rings is 1. The van der Waals surface area contributed by atoms with E-state index in [1.807, 2.05) is 30.3 Å². The van der Waals surface area contributed by atoms with Crippen LogP contribution in [0.5, 0.6) is 0 Å². The largest absolute Gasteiger partial charge is 0.382 e. The lowest BCUT2D eigenvalue weighted by atomic mass is 10.3. The maximum atomic E-state index is 12.3. The monoisotopic (exact) mass is 273 g/mol. The van der Waals surface area contributed by atoms with Crippen molar-refractivity contribution in [3.05, 3.63) is 36.0 Å². The first-order chi connectivity index (χ1) is 9.77. The van der Waals surface area contributed by atoms with Gasteiger partial charge in [0.05, 0.1) is 18.9 Å². The standard InChI is InChI=1S/C13H15N5O2/c14-12-11(13(19)17-6-8-20-9-7-17)15-16-18(12)10-4-2-1-3-5-10/h1-5H,6-9,14H2. The van der Waals surface area contributed by atoms with Gasteiger partial charge in [0.15, 0.2) is 11.5 Å². The lowest BCUT2D eigenvalue weighted by Crippen LogP contribution is -2.41. The summed E-state index contributed by atoms with van der Waals surface area (Å²) < 4.78 is 6.69. The summed E-state index contributed by atoms with van der Waals surface area (Å²) in [6.45, 7) is 2.18. The van der Waals surface area contributed by atoms with E-state index in [1.54, 1.807) is 4.90 Å². The van der Waals surface area contributed by atoms with Crippen LogP contribution in [0.1, 0.15) is 10.5 Å². The molecule has 0 aliphatic carbocycles. The number of ether oxygens (including phenoxy) is 1. The Hall–Kier alpha value is -2.41. The Labute approximate surface area is 115 Å². The molecule has 1 aromatic heterocycles. The smallest absolute Gasteiger partial charge is 0.278 e. The summed E-state index contributed by atoms with van der Waals surface area (Å²) in [7, 11) is 0. The molecule has 1 saturated heterocycles. The molecule has 1 fully saturated rings.